The van der Waals surface area contributed by atoms with Gasteiger partial charge in [-0.05, 0) is 19.1 Å². The van der Waals surface area contributed by atoms with Crippen molar-refractivity contribution in [1.29, 1.82) is 0 Å². The number of halogens is 3. The monoisotopic (exact) mass is 390 g/mol. The number of pyridine rings is 1. The molecule has 2 N–H and O–H groups in total. The van der Waals surface area contributed by atoms with Gasteiger partial charge in [0.05, 0.1) is 27.9 Å². The number of hydrogen-bond acceptors (Lipinski definition) is 5. The van der Waals surface area contributed by atoms with E-state index in [9.17, 15) is 18.0 Å². The third-order valence-corrected chi connectivity index (χ3v) is 4.79. The minimum Gasteiger partial charge on any atom is -0.352 e. The molecule has 2 aromatic heterocycles. The van der Waals surface area contributed by atoms with E-state index < -0.39 is 17.6 Å². The molecule has 6 nitrogen and oxygen atoms in total. The van der Waals surface area contributed by atoms with Crippen LogP contribution in [0.1, 0.15) is 21.6 Å². The highest BCUT2D eigenvalue weighted by atomic mass is 19.4. The van der Waals surface area contributed by atoms with Gasteiger partial charge in [-0.3, -0.25) is 4.79 Å². The van der Waals surface area contributed by atoms with E-state index in [2.05, 4.69) is 20.8 Å². The molecule has 0 saturated carbocycles. The first-order chi connectivity index (χ1) is 13.3. The van der Waals surface area contributed by atoms with Crippen LogP contribution in [0, 0.1) is 12.8 Å². The van der Waals surface area contributed by atoms with Crippen LogP contribution in [-0.4, -0.2) is 35.7 Å². The van der Waals surface area contributed by atoms with Crippen LogP contribution in [0.15, 0.2) is 34.9 Å². The lowest BCUT2D eigenvalue weighted by atomic mass is 10.00. The second-order valence-electron chi connectivity index (χ2n) is 6.78. The van der Waals surface area contributed by atoms with Crippen molar-refractivity contribution in [1.82, 2.24) is 20.8 Å². The number of nitrogens with one attached hydrogen (secondary N) is 2. The van der Waals surface area contributed by atoms with Gasteiger partial charge >= 0.3 is 6.18 Å². The summed E-state index contributed by atoms with van der Waals surface area (Å²) in [6, 6.07) is 6.47. The van der Waals surface area contributed by atoms with E-state index in [4.69, 9.17) is 4.52 Å². The second-order valence-corrected chi connectivity index (χ2v) is 6.78. The molecule has 28 heavy (non-hydrogen) atoms. The number of carbonyl (C=O) groups excluding carboxylic acids is 1. The Kier molecular flexibility index (Phi) is 4.54. The van der Waals surface area contributed by atoms with E-state index in [1.807, 2.05) is 0 Å². The molecule has 1 aromatic carbocycles. The number of alkyl halides is 3. The van der Waals surface area contributed by atoms with Crippen molar-refractivity contribution in [3.63, 3.8) is 0 Å². The highest BCUT2D eigenvalue weighted by molar-refractivity contribution is 6.07. The largest absolute Gasteiger partial charge is 0.417 e. The highest BCUT2D eigenvalue weighted by Crippen LogP contribution is 2.37. The van der Waals surface area contributed by atoms with Gasteiger partial charge in [-0.2, -0.15) is 13.2 Å². The summed E-state index contributed by atoms with van der Waals surface area (Å²) in [6.07, 6.45) is -4.55. The normalized spacial score (nSPS) is 14.9. The van der Waals surface area contributed by atoms with Gasteiger partial charge in [0.25, 0.3) is 11.6 Å². The number of fused-ring (bicyclic) bond motifs is 1. The molecule has 1 aliphatic rings. The zero-order valence-corrected chi connectivity index (χ0v) is 14.9. The first-order valence-electron chi connectivity index (χ1n) is 8.77. The number of aromatic nitrogens is 2. The maximum absolute atomic E-state index is 13.4. The van der Waals surface area contributed by atoms with Gasteiger partial charge in [0, 0.05) is 31.1 Å². The molecule has 0 radical (unpaired) electrons. The Balaban J connectivity index is 1.80. The maximum atomic E-state index is 13.4. The van der Waals surface area contributed by atoms with Gasteiger partial charge in [0.2, 0.25) is 0 Å². The summed E-state index contributed by atoms with van der Waals surface area (Å²) in [5.74, 6) is -0.0494. The van der Waals surface area contributed by atoms with Gasteiger partial charge in [-0.25, -0.2) is 4.98 Å². The van der Waals surface area contributed by atoms with E-state index in [1.165, 1.54) is 24.3 Å². The third kappa shape index (κ3) is 3.33. The van der Waals surface area contributed by atoms with Crippen LogP contribution < -0.4 is 10.6 Å². The molecule has 0 atom stereocenters. The van der Waals surface area contributed by atoms with Gasteiger partial charge < -0.3 is 15.2 Å². The Morgan fingerprint density at radius 3 is 2.75 bits per heavy atom. The van der Waals surface area contributed by atoms with E-state index >= 15 is 0 Å². The fourth-order valence-electron chi connectivity index (χ4n) is 3.19. The topological polar surface area (TPSA) is 80.0 Å². The number of aryl methyl sites for hydroxylation is 1. The molecule has 3 heterocycles. The van der Waals surface area contributed by atoms with Crippen molar-refractivity contribution in [3.05, 3.63) is 47.2 Å². The van der Waals surface area contributed by atoms with Gasteiger partial charge in [-0.1, -0.05) is 23.4 Å². The summed E-state index contributed by atoms with van der Waals surface area (Å²) in [4.78, 5) is 17.0. The third-order valence-electron chi connectivity index (χ3n) is 4.79. The molecule has 1 amide bonds. The lowest BCUT2D eigenvalue weighted by Crippen LogP contribution is -2.48. The molecular weight excluding hydrogens is 373 g/mol. The molecule has 0 bridgehead atoms. The molecule has 1 saturated heterocycles. The van der Waals surface area contributed by atoms with Gasteiger partial charge in [0.1, 0.15) is 0 Å². The number of amides is 1. The molecule has 1 fully saturated rings. The number of nitrogens with zero attached hydrogens (tertiary/aromatic N) is 2. The lowest BCUT2D eigenvalue weighted by Gasteiger charge is -2.27. The van der Waals surface area contributed by atoms with Crippen molar-refractivity contribution in [2.45, 2.75) is 13.1 Å². The summed E-state index contributed by atoms with van der Waals surface area (Å²) in [5.41, 5.74) is -0.265. The molecule has 1 aliphatic heterocycles. The molecule has 4 rings (SSSR count). The Labute approximate surface area is 158 Å². The molecule has 146 valence electrons. The SMILES string of the molecule is Cc1noc2nc(-c3ccccc3C(F)(F)F)cc(C(=O)NCC3CNC3)c12. The lowest BCUT2D eigenvalue weighted by molar-refractivity contribution is -0.137. The number of hydrogen-bond donors (Lipinski definition) is 2. The average Bonchev–Trinajstić information content (AvgIpc) is 3.00. The van der Waals surface area contributed by atoms with Crippen molar-refractivity contribution in [3.8, 4) is 11.3 Å². The molecular formula is C19H17F3N4O2. The van der Waals surface area contributed by atoms with Crippen LogP contribution in [0.4, 0.5) is 13.2 Å². The van der Waals surface area contributed by atoms with Gasteiger partial charge in [-0.15, -0.1) is 0 Å². The quantitative estimate of drug-likeness (QED) is 0.715. The predicted molar refractivity (Wildman–Crippen MR) is 95.7 cm³/mol. The smallest absolute Gasteiger partial charge is 0.352 e. The first-order valence-corrected chi connectivity index (χ1v) is 8.77. The van der Waals surface area contributed by atoms with Crippen molar-refractivity contribution in [2.24, 2.45) is 5.92 Å². The van der Waals surface area contributed by atoms with Crippen LogP contribution in [0.2, 0.25) is 0 Å². The van der Waals surface area contributed by atoms with Crippen molar-refractivity contribution < 1.29 is 22.5 Å². The van der Waals surface area contributed by atoms with Crippen LogP contribution in [0.25, 0.3) is 22.4 Å². The maximum Gasteiger partial charge on any atom is 0.417 e. The zero-order valence-electron chi connectivity index (χ0n) is 14.9. The van der Waals surface area contributed by atoms with Crippen LogP contribution >= 0.6 is 0 Å². The van der Waals surface area contributed by atoms with Crippen LogP contribution in [0.3, 0.4) is 0 Å². The second kappa shape index (κ2) is 6.90. The molecule has 3 aromatic rings. The minimum atomic E-state index is -4.55. The summed E-state index contributed by atoms with van der Waals surface area (Å²) < 4.78 is 45.4. The molecule has 0 spiro atoms. The fourth-order valence-corrected chi connectivity index (χ4v) is 3.19. The average molecular weight is 390 g/mol. The molecule has 9 heteroatoms. The fraction of sp³-hybridized carbons (Fsp3) is 0.316. The first kappa shape index (κ1) is 18.4. The zero-order chi connectivity index (χ0) is 19.9. The summed E-state index contributed by atoms with van der Waals surface area (Å²) in [5, 5.41) is 10.2. The van der Waals surface area contributed by atoms with E-state index in [0.717, 1.165) is 19.2 Å². The van der Waals surface area contributed by atoms with E-state index in [-0.39, 0.29) is 22.5 Å². The van der Waals surface area contributed by atoms with Crippen LogP contribution in [-0.2, 0) is 6.18 Å². The van der Waals surface area contributed by atoms with E-state index in [0.29, 0.717) is 23.5 Å². The molecule has 0 unspecified atom stereocenters. The summed E-state index contributed by atoms with van der Waals surface area (Å²) >= 11 is 0. The Morgan fingerprint density at radius 1 is 1.32 bits per heavy atom. The number of benzene rings is 1. The highest BCUT2D eigenvalue weighted by Gasteiger charge is 2.34. The van der Waals surface area contributed by atoms with Crippen LogP contribution in [0.5, 0.6) is 0 Å². The van der Waals surface area contributed by atoms with Crippen molar-refractivity contribution in [2.75, 3.05) is 19.6 Å². The molecule has 0 aliphatic carbocycles. The van der Waals surface area contributed by atoms with Crippen molar-refractivity contribution >= 4 is 17.0 Å². The summed E-state index contributed by atoms with van der Waals surface area (Å²) in [6.45, 7) is 3.78. The number of rotatable bonds is 4. The standard InChI is InChI=1S/C19H17F3N4O2/c1-10-16-13(17(27)24-9-11-7-23-8-11)6-15(25-18(16)28-26-10)12-4-2-3-5-14(12)19(20,21)22/h2-6,11,23H,7-9H2,1H3,(H,24,27). The number of carbonyl (C=O) groups is 1. The minimum absolute atomic E-state index is 0.00651. The Bertz CT molecular complexity index is 1040. The predicted octanol–water partition coefficient (Wildman–Crippen LogP) is 3.17. The summed E-state index contributed by atoms with van der Waals surface area (Å²) in [7, 11) is 0. The van der Waals surface area contributed by atoms with Gasteiger partial charge in [0.15, 0.2) is 0 Å². The van der Waals surface area contributed by atoms with E-state index in [1.54, 1.807) is 6.92 Å². The Hall–Kier alpha value is -2.94. The Morgan fingerprint density at radius 2 is 2.07 bits per heavy atom.